The SMILES string of the molecule is C=CC(=O)OCCOc1nc(Oc2ccc(O)cc2)nc(SCCOC(=O)C=C)n1. The molecule has 158 valence electrons. The highest BCUT2D eigenvalue weighted by Crippen LogP contribution is 2.24. The maximum Gasteiger partial charge on any atom is 0.330 e. The zero-order valence-electron chi connectivity index (χ0n) is 15.9. The highest BCUT2D eigenvalue weighted by molar-refractivity contribution is 7.99. The van der Waals surface area contributed by atoms with Gasteiger partial charge < -0.3 is 24.1 Å². The van der Waals surface area contributed by atoms with E-state index in [1.165, 1.54) is 36.0 Å². The molecule has 0 aliphatic rings. The van der Waals surface area contributed by atoms with Crippen LogP contribution in [-0.4, -0.2) is 57.6 Å². The molecule has 0 spiro atoms. The highest BCUT2D eigenvalue weighted by atomic mass is 32.2. The Morgan fingerprint density at radius 1 is 0.933 bits per heavy atom. The van der Waals surface area contributed by atoms with Crippen LogP contribution in [0.25, 0.3) is 0 Å². The highest BCUT2D eigenvalue weighted by Gasteiger charge is 2.11. The molecule has 1 aromatic carbocycles. The zero-order valence-corrected chi connectivity index (χ0v) is 16.7. The van der Waals surface area contributed by atoms with E-state index in [9.17, 15) is 14.7 Å². The maximum atomic E-state index is 11.1. The standard InChI is InChI=1S/C19H19N3O7S/c1-3-15(24)26-9-10-28-17-20-18(29-14-7-5-13(23)6-8-14)22-19(21-17)30-12-11-27-16(25)4-2/h3-8,23H,1-2,9-12H2. The molecule has 0 aliphatic heterocycles. The van der Waals surface area contributed by atoms with Crippen LogP contribution in [0.15, 0.2) is 54.7 Å². The molecule has 2 aromatic rings. The van der Waals surface area contributed by atoms with E-state index in [0.717, 1.165) is 12.2 Å². The molecule has 0 aliphatic carbocycles. The second-order valence-corrected chi connectivity index (χ2v) is 6.28. The number of aromatic nitrogens is 3. The number of benzene rings is 1. The van der Waals surface area contributed by atoms with Gasteiger partial charge in [-0.2, -0.15) is 9.97 Å². The van der Waals surface area contributed by atoms with Gasteiger partial charge in [0.05, 0.1) is 0 Å². The fraction of sp³-hybridized carbons (Fsp3) is 0.211. The Balaban J connectivity index is 2.04. The summed E-state index contributed by atoms with van der Waals surface area (Å²) in [6.45, 7) is 6.72. The normalized spacial score (nSPS) is 10.0. The Morgan fingerprint density at radius 2 is 1.57 bits per heavy atom. The fourth-order valence-electron chi connectivity index (χ4n) is 1.78. The Bertz CT molecular complexity index is 844. The van der Waals surface area contributed by atoms with Crippen molar-refractivity contribution < 1.29 is 33.6 Å². The molecule has 0 saturated heterocycles. The first-order chi connectivity index (χ1) is 14.5. The van der Waals surface area contributed by atoms with Crippen LogP contribution in [-0.2, 0) is 19.1 Å². The predicted octanol–water partition coefficient (Wildman–Crippen LogP) is 2.30. The minimum atomic E-state index is -0.573. The van der Waals surface area contributed by atoms with Crippen LogP contribution in [0.2, 0.25) is 0 Å². The predicted molar refractivity (Wildman–Crippen MR) is 107 cm³/mol. The van der Waals surface area contributed by atoms with E-state index >= 15 is 0 Å². The topological polar surface area (TPSA) is 130 Å². The second-order valence-electron chi connectivity index (χ2n) is 5.22. The number of rotatable bonds is 12. The molecule has 0 radical (unpaired) electrons. The van der Waals surface area contributed by atoms with Crippen molar-refractivity contribution in [2.24, 2.45) is 0 Å². The molecular formula is C19H19N3O7S. The molecule has 10 nitrogen and oxygen atoms in total. The molecule has 1 heterocycles. The molecule has 2 rings (SSSR count). The van der Waals surface area contributed by atoms with Crippen LogP contribution in [0, 0.1) is 0 Å². The van der Waals surface area contributed by atoms with E-state index in [4.69, 9.17) is 18.9 Å². The molecule has 1 N–H and O–H groups in total. The smallest absolute Gasteiger partial charge is 0.330 e. The third-order valence-electron chi connectivity index (χ3n) is 3.07. The summed E-state index contributed by atoms with van der Waals surface area (Å²) >= 11 is 1.19. The number of phenolic OH excluding ortho intramolecular Hbond substituents is 1. The van der Waals surface area contributed by atoms with Gasteiger partial charge in [-0.05, 0) is 24.3 Å². The number of carbonyl (C=O) groups is 2. The van der Waals surface area contributed by atoms with Crippen LogP contribution in [0.3, 0.4) is 0 Å². The van der Waals surface area contributed by atoms with E-state index < -0.39 is 11.9 Å². The van der Waals surface area contributed by atoms with Crippen LogP contribution >= 0.6 is 11.8 Å². The van der Waals surface area contributed by atoms with Crippen molar-refractivity contribution in [1.29, 1.82) is 0 Å². The summed E-state index contributed by atoms with van der Waals surface area (Å²) in [4.78, 5) is 34.5. The summed E-state index contributed by atoms with van der Waals surface area (Å²) in [6, 6.07) is 5.89. The van der Waals surface area contributed by atoms with Gasteiger partial charge in [0, 0.05) is 17.9 Å². The van der Waals surface area contributed by atoms with Crippen molar-refractivity contribution in [2.75, 3.05) is 25.6 Å². The first kappa shape index (κ1) is 22.7. The van der Waals surface area contributed by atoms with Crippen LogP contribution in [0.4, 0.5) is 0 Å². The minimum absolute atomic E-state index is 0.00327. The number of nitrogens with zero attached hydrogens (tertiary/aromatic N) is 3. The molecular weight excluding hydrogens is 414 g/mol. The third-order valence-corrected chi connectivity index (χ3v) is 3.88. The fourth-order valence-corrected chi connectivity index (χ4v) is 2.42. The number of thioether (sulfide) groups is 1. The summed E-state index contributed by atoms with van der Waals surface area (Å²) in [7, 11) is 0. The first-order valence-electron chi connectivity index (χ1n) is 8.57. The van der Waals surface area contributed by atoms with Crippen molar-refractivity contribution in [3.63, 3.8) is 0 Å². The number of esters is 2. The molecule has 0 fully saturated rings. The van der Waals surface area contributed by atoms with Gasteiger partial charge in [-0.1, -0.05) is 24.9 Å². The number of hydrogen-bond acceptors (Lipinski definition) is 11. The molecule has 30 heavy (non-hydrogen) atoms. The number of phenols is 1. The van der Waals surface area contributed by atoms with Crippen LogP contribution in [0.1, 0.15) is 0 Å². The Morgan fingerprint density at radius 3 is 2.23 bits per heavy atom. The quantitative estimate of drug-likeness (QED) is 0.229. The Hall–Kier alpha value is -3.60. The zero-order chi connectivity index (χ0) is 21.8. The molecule has 0 bridgehead atoms. The monoisotopic (exact) mass is 433 g/mol. The van der Waals surface area contributed by atoms with E-state index in [0.29, 0.717) is 11.5 Å². The van der Waals surface area contributed by atoms with E-state index in [2.05, 4.69) is 28.1 Å². The van der Waals surface area contributed by atoms with Crippen LogP contribution in [0.5, 0.6) is 23.5 Å². The van der Waals surface area contributed by atoms with Gasteiger partial charge in [-0.25, -0.2) is 9.59 Å². The number of hydrogen-bond donors (Lipinski definition) is 1. The van der Waals surface area contributed by atoms with Gasteiger partial charge in [-0.15, -0.1) is 4.98 Å². The maximum absolute atomic E-state index is 11.1. The van der Waals surface area contributed by atoms with Gasteiger partial charge in [0.1, 0.15) is 31.3 Å². The van der Waals surface area contributed by atoms with E-state index in [1.807, 2.05) is 0 Å². The van der Waals surface area contributed by atoms with Crippen LogP contribution < -0.4 is 9.47 Å². The van der Waals surface area contributed by atoms with Gasteiger partial charge in [0.25, 0.3) is 0 Å². The lowest BCUT2D eigenvalue weighted by Gasteiger charge is -2.09. The number of ether oxygens (including phenoxy) is 4. The number of aromatic hydroxyl groups is 1. The first-order valence-corrected chi connectivity index (χ1v) is 9.55. The third kappa shape index (κ3) is 8.19. The van der Waals surface area contributed by atoms with Gasteiger partial charge in [0.2, 0.25) is 0 Å². The van der Waals surface area contributed by atoms with Gasteiger partial charge in [0.15, 0.2) is 5.16 Å². The van der Waals surface area contributed by atoms with Crippen molar-refractivity contribution in [3.8, 4) is 23.5 Å². The largest absolute Gasteiger partial charge is 0.508 e. The number of carbonyl (C=O) groups excluding carboxylic acids is 2. The molecule has 0 unspecified atom stereocenters. The summed E-state index contributed by atoms with van der Waals surface area (Å²) in [5.41, 5.74) is 0. The van der Waals surface area contributed by atoms with Crippen molar-refractivity contribution in [2.45, 2.75) is 5.16 Å². The van der Waals surface area contributed by atoms with Crippen molar-refractivity contribution in [1.82, 2.24) is 15.0 Å². The lowest BCUT2D eigenvalue weighted by atomic mass is 10.3. The summed E-state index contributed by atoms with van der Waals surface area (Å²) in [6.07, 6.45) is 2.11. The van der Waals surface area contributed by atoms with E-state index in [-0.39, 0.29) is 42.7 Å². The average Bonchev–Trinajstić information content (AvgIpc) is 2.75. The van der Waals surface area contributed by atoms with Gasteiger partial charge in [-0.3, -0.25) is 0 Å². The minimum Gasteiger partial charge on any atom is -0.508 e. The molecule has 0 saturated carbocycles. The van der Waals surface area contributed by atoms with E-state index in [1.54, 1.807) is 0 Å². The Labute approximate surface area is 176 Å². The summed E-state index contributed by atoms with van der Waals surface area (Å²) in [5.74, 6) is -0.253. The lowest BCUT2D eigenvalue weighted by molar-refractivity contribution is -0.138. The summed E-state index contributed by atoms with van der Waals surface area (Å²) < 4.78 is 20.7. The molecule has 0 atom stereocenters. The van der Waals surface area contributed by atoms with Crippen molar-refractivity contribution >= 4 is 23.7 Å². The second kappa shape index (κ2) is 12.1. The van der Waals surface area contributed by atoms with Gasteiger partial charge >= 0.3 is 24.0 Å². The summed E-state index contributed by atoms with van der Waals surface area (Å²) in [5, 5.41) is 9.63. The molecule has 11 heteroatoms. The lowest BCUT2D eigenvalue weighted by Crippen LogP contribution is -2.12. The van der Waals surface area contributed by atoms with Crippen molar-refractivity contribution in [3.05, 3.63) is 49.6 Å². The molecule has 0 amide bonds. The average molecular weight is 433 g/mol. The Kier molecular flexibility index (Phi) is 9.13. The molecule has 1 aromatic heterocycles.